The van der Waals surface area contributed by atoms with Crippen LogP contribution in [-0.2, 0) is 6.54 Å². The highest BCUT2D eigenvalue weighted by molar-refractivity contribution is 5.85. The summed E-state index contributed by atoms with van der Waals surface area (Å²) in [5.41, 5.74) is 2.57. The Morgan fingerprint density at radius 2 is 2.16 bits per heavy atom. The van der Waals surface area contributed by atoms with Crippen LogP contribution in [0.3, 0.4) is 0 Å². The molecule has 1 aliphatic rings. The number of nitrogens with one attached hydrogen (secondary N) is 1. The molecule has 0 radical (unpaired) electrons. The minimum absolute atomic E-state index is 0. The summed E-state index contributed by atoms with van der Waals surface area (Å²) in [6.07, 6.45) is 3.81. The Bertz CT molecular complexity index is 636. The van der Waals surface area contributed by atoms with Crippen molar-refractivity contribution >= 4 is 12.4 Å². The van der Waals surface area contributed by atoms with Crippen LogP contribution in [0.15, 0.2) is 48.8 Å². The highest BCUT2D eigenvalue weighted by atomic mass is 35.5. The van der Waals surface area contributed by atoms with Crippen LogP contribution < -0.4 is 10.1 Å². The van der Waals surface area contributed by atoms with Crippen molar-refractivity contribution in [3.05, 3.63) is 59.9 Å². The van der Waals surface area contributed by atoms with E-state index >= 15 is 0 Å². The van der Waals surface area contributed by atoms with E-state index in [4.69, 9.17) is 4.74 Å². The molecule has 1 saturated heterocycles. The van der Waals surface area contributed by atoms with Crippen LogP contribution in [0.25, 0.3) is 0 Å². The van der Waals surface area contributed by atoms with Crippen LogP contribution in [0.4, 0.5) is 0 Å². The maximum Gasteiger partial charge on any atom is 0.119 e. The summed E-state index contributed by atoms with van der Waals surface area (Å²) in [6, 6.07) is 13.0. The van der Waals surface area contributed by atoms with Gasteiger partial charge >= 0.3 is 0 Å². The maximum atomic E-state index is 5.87. The van der Waals surface area contributed by atoms with Crippen molar-refractivity contribution in [2.75, 3.05) is 26.2 Å². The minimum Gasteiger partial charge on any atom is -0.493 e. The van der Waals surface area contributed by atoms with Gasteiger partial charge in [-0.3, -0.25) is 9.88 Å². The van der Waals surface area contributed by atoms with Crippen LogP contribution in [0.2, 0.25) is 0 Å². The first kappa shape index (κ1) is 19.7. The fourth-order valence-corrected chi connectivity index (χ4v) is 3.07. The van der Waals surface area contributed by atoms with E-state index in [-0.39, 0.29) is 12.4 Å². The molecule has 1 atom stereocenters. The number of aromatic nitrogens is 1. The predicted octanol–water partition coefficient (Wildman–Crippen LogP) is 3.68. The molecule has 2 heterocycles. The van der Waals surface area contributed by atoms with E-state index in [1.54, 1.807) is 0 Å². The highest BCUT2D eigenvalue weighted by Gasteiger charge is 2.23. The Labute approximate surface area is 157 Å². The van der Waals surface area contributed by atoms with Crippen molar-refractivity contribution in [2.24, 2.45) is 5.92 Å². The number of piperazine rings is 1. The second-order valence-corrected chi connectivity index (χ2v) is 6.83. The van der Waals surface area contributed by atoms with Crippen molar-refractivity contribution < 1.29 is 4.74 Å². The average molecular weight is 362 g/mol. The van der Waals surface area contributed by atoms with Crippen molar-refractivity contribution in [3.8, 4) is 5.75 Å². The first-order chi connectivity index (χ1) is 11.7. The number of rotatable bonds is 6. The second-order valence-electron chi connectivity index (χ2n) is 6.83. The second kappa shape index (κ2) is 9.76. The number of halogens is 1. The Kier molecular flexibility index (Phi) is 7.69. The van der Waals surface area contributed by atoms with Gasteiger partial charge in [-0.2, -0.15) is 0 Å². The lowest BCUT2D eigenvalue weighted by Gasteiger charge is -2.36. The summed E-state index contributed by atoms with van der Waals surface area (Å²) in [7, 11) is 0. The molecular formula is C20H28ClN3O. The number of hydrogen-bond acceptors (Lipinski definition) is 4. The van der Waals surface area contributed by atoms with Gasteiger partial charge in [0.15, 0.2) is 0 Å². The van der Waals surface area contributed by atoms with Gasteiger partial charge in [-0.1, -0.05) is 32.0 Å². The summed E-state index contributed by atoms with van der Waals surface area (Å²) < 4.78 is 5.87. The van der Waals surface area contributed by atoms with Gasteiger partial charge in [-0.05, 0) is 35.2 Å². The normalized spacial score (nSPS) is 18.0. The molecule has 1 fully saturated rings. The van der Waals surface area contributed by atoms with Gasteiger partial charge in [0, 0.05) is 44.6 Å². The standard InChI is InChI=1S/C20H27N3O.ClH/c1-16(2)15-24-19-7-3-5-17(11-19)14-23-10-9-22-13-20(23)18-6-4-8-21-12-18;/h3-8,11-12,16,20,22H,9-10,13-15H2,1-2H3;1H. The fraction of sp³-hybridized carbons (Fsp3) is 0.450. The number of benzene rings is 1. The molecule has 1 aromatic heterocycles. The molecule has 1 aromatic carbocycles. The first-order valence-electron chi connectivity index (χ1n) is 8.79. The molecular weight excluding hydrogens is 334 g/mol. The minimum atomic E-state index is 0. The summed E-state index contributed by atoms with van der Waals surface area (Å²) in [6.45, 7) is 9.06. The fourth-order valence-electron chi connectivity index (χ4n) is 3.07. The van der Waals surface area contributed by atoms with Crippen molar-refractivity contribution in [3.63, 3.8) is 0 Å². The largest absolute Gasteiger partial charge is 0.493 e. The average Bonchev–Trinajstić information content (AvgIpc) is 2.62. The Morgan fingerprint density at radius 3 is 2.92 bits per heavy atom. The smallest absolute Gasteiger partial charge is 0.119 e. The van der Waals surface area contributed by atoms with Gasteiger partial charge in [-0.25, -0.2) is 0 Å². The Balaban J connectivity index is 0.00000225. The third-order valence-corrected chi connectivity index (χ3v) is 4.29. The molecule has 4 nitrogen and oxygen atoms in total. The Hall–Kier alpha value is -1.62. The molecule has 0 spiro atoms. The first-order valence-corrected chi connectivity index (χ1v) is 8.79. The molecule has 5 heteroatoms. The molecule has 0 amide bonds. The number of hydrogen-bond donors (Lipinski definition) is 1. The molecule has 0 saturated carbocycles. The van der Waals surface area contributed by atoms with Crippen molar-refractivity contribution in [2.45, 2.75) is 26.4 Å². The maximum absolute atomic E-state index is 5.87. The van der Waals surface area contributed by atoms with Gasteiger partial charge in [-0.15, -0.1) is 12.4 Å². The molecule has 1 aliphatic heterocycles. The zero-order valence-corrected chi connectivity index (χ0v) is 15.8. The quantitative estimate of drug-likeness (QED) is 0.851. The highest BCUT2D eigenvalue weighted by Crippen LogP contribution is 2.24. The summed E-state index contributed by atoms with van der Waals surface area (Å²) >= 11 is 0. The third-order valence-electron chi connectivity index (χ3n) is 4.29. The lowest BCUT2D eigenvalue weighted by Crippen LogP contribution is -2.45. The Morgan fingerprint density at radius 1 is 1.28 bits per heavy atom. The summed E-state index contributed by atoms with van der Waals surface area (Å²) in [5.74, 6) is 1.51. The van der Waals surface area contributed by atoms with Gasteiger partial charge in [0.25, 0.3) is 0 Å². The van der Waals surface area contributed by atoms with E-state index in [2.05, 4.69) is 53.3 Å². The van der Waals surface area contributed by atoms with Gasteiger partial charge in [0.2, 0.25) is 0 Å². The molecule has 0 aliphatic carbocycles. The molecule has 3 rings (SSSR count). The van der Waals surface area contributed by atoms with E-state index in [0.717, 1.165) is 38.5 Å². The molecule has 2 aromatic rings. The number of nitrogens with zero attached hydrogens (tertiary/aromatic N) is 2. The van der Waals surface area contributed by atoms with E-state index in [0.29, 0.717) is 12.0 Å². The third kappa shape index (κ3) is 5.70. The molecule has 0 bridgehead atoms. The molecule has 1 N–H and O–H groups in total. The van der Waals surface area contributed by atoms with E-state index < -0.39 is 0 Å². The molecule has 1 unspecified atom stereocenters. The number of pyridine rings is 1. The van der Waals surface area contributed by atoms with E-state index in [1.165, 1.54) is 11.1 Å². The van der Waals surface area contributed by atoms with Crippen LogP contribution >= 0.6 is 12.4 Å². The SMILES string of the molecule is CC(C)COc1cccc(CN2CCNCC2c2cccnc2)c1.Cl. The monoisotopic (exact) mass is 361 g/mol. The van der Waals surface area contributed by atoms with Crippen molar-refractivity contribution in [1.82, 2.24) is 15.2 Å². The van der Waals surface area contributed by atoms with E-state index in [9.17, 15) is 0 Å². The van der Waals surface area contributed by atoms with Crippen LogP contribution in [0, 0.1) is 5.92 Å². The van der Waals surface area contributed by atoms with Gasteiger partial charge in [0.05, 0.1) is 6.61 Å². The topological polar surface area (TPSA) is 37.4 Å². The molecule has 136 valence electrons. The lowest BCUT2D eigenvalue weighted by molar-refractivity contribution is 0.153. The number of ether oxygens (including phenoxy) is 1. The summed E-state index contributed by atoms with van der Waals surface area (Å²) in [4.78, 5) is 6.80. The predicted molar refractivity (Wildman–Crippen MR) is 104 cm³/mol. The zero-order chi connectivity index (χ0) is 16.8. The van der Waals surface area contributed by atoms with Crippen LogP contribution in [0.5, 0.6) is 5.75 Å². The lowest BCUT2D eigenvalue weighted by atomic mass is 10.0. The summed E-state index contributed by atoms with van der Waals surface area (Å²) in [5, 5.41) is 3.50. The van der Waals surface area contributed by atoms with Gasteiger partial charge < -0.3 is 10.1 Å². The van der Waals surface area contributed by atoms with E-state index in [1.807, 2.05) is 24.5 Å². The van der Waals surface area contributed by atoms with Crippen LogP contribution in [-0.4, -0.2) is 36.1 Å². The molecule has 25 heavy (non-hydrogen) atoms. The van der Waals surface area contributed by atoms with Crippen LogP contribution in [0.1, 0.15) is 31.0 Å². The van der Waals surface area contributed by atoms with Crippen molar-refractivity contribution in [1.29, 1.82) is 0 Å². The zero-order valence-electron chi connectivity index (χ0n) is 15.0. The van der Waals surface area contributed by atoms with Gasteiger partial charge in [0.1, 0.15) is 5.75 Å².